The number of hydrogen-bond donors (Lipinski definition) is 1. The molecule has 0 aromatic carbocycles. The largest absolute Gasteiger partial charge is 0.378 e. The molecule has 2 heterocycles. The van der Waals surface area contributed by atoms with Crippen molar-refractivity contribution in [2.24, 2.45) is 5.73 Å². The molecule has 3 heteroatoms. The molecule has 76 valence electrons. The van der Waals surface area contributed by atoms with Gasteiger partial charge in [0.1, 0.15) is 0 Å². The molecule has 2 N–H and O–H groups in total. The highest BCUT2D eigenvalue weighted by molar-refractivity contribution is 4.93. The van der Waals surface area contributed by atoms with Crippen LogP contribution in [0.2, 0.25) is 0 Å². The summed E-state index contributed by atoms with van der Waals surface area (Å²) in [7, 11) is 0. The van der Waals surface area contributed by atoms with Crippen LogP contribution in [0.15, 0.2) is 0 Å². The second-order valence-corrected chi connectivity index (χ2v) is 4.84. The number of nitrogens with two attached hydrogens (primary N) is 1. The summed E-state index contributed by atoms with van der Waals surface area (Å²) < 4.78 is 5.56. The van der Waals surface area contributed by atoms with E-state index in [1.165, 1.54) is 19.3 Å². The van der Waals surface area contributed by atoms with Gasteiger partial charge in [-0.1, -0.05) is 6.42 Å². The Hall–Kier alpha value is -0.120. The molecule has 2 aliphatic rings. The molecular formula is C10H20N2O. The number of hydrogen-bond acceptors (Lipinski definition) is 3. The molecule has 2 saturated heterocycles. The molecule has 2 rings (SSSR count). The van der Waals surface area contributed by atoms with Crippen LogP contribution in [0, 0.1) is 0 Å². The summed E-state index contributed by atoms with van der Waals surface area (Å²) in [6.45, 7) is 5.95. The molecule has 0 spiro atoms. The van der Waals surface area contributed by atoms with Crippen molar-refractivity contribution in [3.8, 4) is 0 Å². The van der Waals surface area contributed by atoms with E-state index >= 15 is 0 Å². The van der Waals surface area contributed by atoms with Crippen LogP contribution in [0.3, 0.4) is 0 Å². The van der Waals surface area contributed by atoms with E-state index in [-0.39, 0.29) is 5.66 Å². The van der Waals surface area contributed by atoms with Gasteiger partial charge < -0.3 is 10.5 Å². The first kappa shape index (κ1) is 9.44. The highest BCUT2D eigenvalue weighted by Gasteiger charge is 2.40. The van der Waals surface area contributed by atoms with Crippen LogP contribution >= 0.6 is 0 Å². The number of rotatable bonds is 1. The van der Waals surface area contributed by atoms with E-state index in [4.69, 9.17) is 10.5 Å². The van der Waals surface area contributed by atoms with E-state index in [1.807, 2.05) is 0 Å². The van der Waals surface area contributed by atoms with E-state index in [0.29, 0.717) is 12.1 Å². The average Bonchev–Trinajstić information content (AvgIpc) is 2.01. The Bertz CT molecular complexity index is 166. The SMILES string of the molecule is CC(C)(N)N1C2CCCC1COC2. The van der Waals surface area contributed by atoms with Gasteiger partial charge in [0.05, 0.1) is 18.9 Å². The molecule has 13 heavy (non-hydrogen) atoms. The van der Waals surface area contributed by atoms with Crippen molar-refractivity contribution >= 4 is 0 Å². The highest BCUT2D eigenvalue weighted by atomic mass is 16.5. The van der Waals surface area contributed by atoms with Gasteiger partial charge in [0.25, 0.3) is 0 Å². The summed E-state index contributed by atoms with van der Waals surface area (Å²) >= 11 is 0. The van der Waals surface area contributed by atoms with Crippen LogP contribution in [0.25, 0.3) is 0 Å². The zero-order valence-electron chi connectivity index (χ0n) is 8.62. The molecule has 0 radical (unpaired) electrons. The Morgan fingerprint density at radius 1 is 1.23 bits per heavy atom. The third-order valence-corrected chi connectivity index (χ3v) is 3.15. The Balaban J connectivity index is 2.15. The van der Waals surface area contributed by atoms with Gasteiger partial charge in [0, 0.05) is 12.1 Å². The molecule has 0 amide bonds. The lowest BCUT2D eigenvalue weighted by atomic mass is 9.91. The first-order valence-electron chi connectivity index (χ1n) is 5.24. The monoisotopic (exact) mass is 184 g/mol. The fraction of sp³-hybridized carbons (Fsp3) is 1.00. The Kier molecular flexibility index (Phi) is 2.34. The Labute approximate surface area is 80.2 Å². The van der Waals surface area contributed by atoms with Gasteiger partial charge in [-0.2, -0.15) is 0 Å². The third kappa shape index (κ3) is 1.73. The smallest absolute Gasteiger partial charge is 0.0635 e. The van der Waals surface area contributed by atoms with Crippen molar-refractivity contribution in [2.75, 3.05) is 13.2 Å². The maximum atomic E-state index is 6.17. The third-order valence-electron chi connectivity index (χ3n) is 3.15. The lowest BCUT2D eigenvalue weighted by molar-refractivity contribution is -0.115. The van der Waals surface area contributed by atoms with Crippen LogP contribution in [0.5, 0.6) is 0 Å². The van der Waals surface area contributed by atoms with Crippen LogP contribution in [0.1, 0.15) is 33.1 Å². The molecular weight excluding hydrogens is 164 g/mol. The van der Waals surface area contributed by atoms with Gasteiger partial charge in [0.15, 0.2) is 0 Å². The van der Waals surface area contributed by atoms with E-state index in [1.54, 1.807) is 0 Å². The zero-order valence-corrected chi connectivity index (χ0v) is 8.62. The quantitative estimate of drug-likeness (QED) is 0.659. The summed E-state index contributed by atoms with van der Waals surface area (Å²) in [5, 5.41) is 0. The molecule has 2 atom stereocenters. The molecule has 2 aliphatic heterocycles. The standard InChI is InChI=1S/C10H20N2O/c1-10(2,11)12-8-4-3-5-9(12)7-13-6-8/h8-9H,3-7,11H2,1-2H3. The summed E-state index contributed by atoms with van der Waals surface area (Å²) in [6.07, 6.45) is 3.83. The second-order valence-electron chi connectivity index (χ2n) is 4.84. The van der Waals surface area contributed by atoms with Gasteiger partial charge in [-0.3, -0.25) is 4.90 Å². The minimum Gasteiger partial charge on any atom is -0.378 e. The molecule has 0 aromatic rings. The van der Waals surface area contributed by atoms with Crippen molar-refractivity contribution in [1.82, 2.24) is 4.90 Å². The second kappa shape index (κ2) is 3.23. The summed E-state index contributed by atoms with van der Waals surface area (Å²) in [5.74, 6) is 0. The highest BCUT2D eigenvalue weighted by Crippen LogP contribution is 2.31. The molecule has 2 fully saturated rings. The number of ether oxygens (including phenoxy) is 1. The van der Waals surface area contributed by atoms with Crippen molar-refractivity contribution < 1.29 is 4.74 Å². The van der Waals surface area contributed by atoms with Crippen LogP contribution < -0.4 is 5.73 Å². The summed E-state index contributed by atoms with van der Waals surface area (Å²) in [4.78, 5) is 2.46. The minimum atomic E-state index is -0.181. The zero-order chi connectivity index (χ0) is 9.47. The number of nitrogens with zero attached hydrogens (tertiary/aromatic N) is 1. The number of fused-ring (bicyclic) bond motifs is 2. The van der Waals surface area contributed by atoms with Crippen LogP contribution in [0.4, 0.5) is 0 Å². The van der Waals surface area contributed by atoms with Crippen molar-refractivity contribution in [3.05, 3.63) is 0 Å². The summed E-state index contributed by atoms with van der Waals surface area (Å²) in [6, 6.07) is 1.12. The van der Waals surface area contributed by atoms with Gasteiger partial charge in [-0.25, -0.2) is 0 Å². The van der Waals surface area contributed by atoms with Crippen molar-refractivity contribution in [3.63, 3.8) is 0 Å². The minimum absolute atomic E-state index is 0.181. The van der Waals surface area contributed by atoms with Gasteiger partial charge >= 0.3 is 0 Å². The predicted molar refractivity (Wildman–Crippen MR) is 52.4 cm³/mol. The summed E-state index contributed by atoms with van der Waals surface area (Å²) in [5.41, 5.74) is 5.99. The molecule has 2 bridgehead atoms. The maximum absolute atomic E-state index is 6.17. The Morgan fingerprint density at radius 2 is 1.77 bits per heavy atom. The lowest BCUT2D eigenvalue weighted by Gasteiger charge is -2.52. The first-order chi connectivity index (χ1) is 6.09. The normalized spacial score (nSPS) is 36.2. The van der Waals surface area contributed by atoms with E-state index in [9.17, 15) is 0 Å². The van der Waals surface area contributed by atoms with Gasteiger partial charge in [0.2, 0.25) is 0 Å². The fourth-order valence-corrected chi connectivity index (χ4v) is 2.77. The van der Waals surface area contributed by atoms with Crippen molar-refractivity contribution in [1.29, 1.82) is 0 Å². The average molecular weight is 184 g/mol. The van der Waals surface area contributed by atoms with E-state index in [0.717, 1.165) is 13.2 Å². The molecule has 0 aliphatic carbocycles. The van der Waals surface area contributed by atoms with E-state index in [2.05, 4.69) is 18.7 Å². The van der Waals surface area contributed by atoms with Gasteiger partial charge in [-0.15, -0.1) is 0 Å². The van der Waals surface area contributed by atoms with Crippen molar-refractivity contribution in [2.45, 2.75) is 50.9 Å². The van der Waals surface area contributed by atoms with E-state index < -0.39 is 0 Å². The molecule has 0 aromatic heterocycles. The predicted octanol–water partition coefficient (Wildman–Crippen LogP) is 0.934. The van der Waals surface area contributed by atoms with Crippen LogP contribution in [-0.4, -0.2) is 35.9 Å². The topological polar surface area (TPSA) is 38.5 Å². The lowest BCUT2D eigenvalue weighted by Crippen LogP contribution is -2.66. The van der Waals surface area contributed by atoms with Crippen LogP contribution in [-0.2, 0) is 4.74 Å². The fourth-order valence-electron chi connectivity index (χ4n) is 2.77. The Morgan fingerprint density at radius 3 is 2.15 bits per heavy atom. The molecule has 3 nitrogen and oxygen atoms in total. The first-order valence-corrected chi connectivity index (χ1v) is 5.24. The van der Waals surface area contributed by atoms with Gasteiger partial charge in [-0.05, 0) is 26.7 Å². The number of piperidine rings is 1. The maximum Gasteiger partial charge on any atom is 0.0635 e. The molecule has 0 saturated carbocycles. The molecule has 2 unspecified atom stereocenters. The number of morpholine rings is 1.